The second kappa shape index (κ2) is 4.99. The average molecular weight is 294 g/mol. The van der Waals surface area contributed by atoms with Gasteiger partial charge in [0, 0.05) is 0 Å². The quantitative estimate of drug-likeness (QED) is 0.884. The summed E-state index contributed by atoms with van der Waals surface area (Å²) in [5, 5.41) is 6.27. The lowest BCUT2D eigenvalue weighted by atomic mass is 10.2. The van der Waals surface area contributed by atoms with Crippen LogP contribution in [0.2, 0.25) is 4.34 Å². The molecule has 0 aliphatic heterocycles. The summed E-state index contributed by atoms with van der Waals surface area (Å²) >= 11 is 6.50. The van der Waals surface area contributed by atoms with E-state index >= 15 is 0 Å². The van der Waals surface area contributed by atoms with Gasteiger partial charge in [0.1, 0.15) is 15.0 Å². The number of hydrogen-bond acceptors (Lipinski definition) is 5. The number of aromatic nitrogens is 3. The fourth-order valence-electron chi connectivity index (χ4n) is 1.27. The van der Waals surface area contributed by atoms with Crippen molar-refractivity contribution in [2.75, 3.05) is 7.11 Å². The predicted octanol–water partition coefficient (Wildman–Crippen LogP) is 2.91. The van der Waals surface area contributed by atoms with Crippen LogP contribution >= 0.6 is 22.9 Å². The minimum absolute atomic E-state index is 0.0451. The van der Waals surface area contributed by atoms with Gasteiger partial charge in [0.25, 0.3) is 6.43 Å². The van der Waals surface area contributed by atoms with E-state index in [4.69, 9.17) is 11.6 Å². The molecular weight excluding hydrogens is 288 g/mol. The van der Waals surface area contributed by atoms with Crippen LogP contribution in [0.4, 0.5) is 8.78 Å². The van der Waals surface area contributed by atoms with Crippen molar-refractivity contribution in [3.63, 3.8) is 0 Å². The van der Waals surface area contributed by atoms with Gasteiger partial charge in [-0.15, -0.1) is 11.3 Å². The number of thiazole rings is 1. The third-order valence-electron chi connectivity index (χ3n) is 2.08. The van der Waals surface area contributed by atoms with Crippen molar-refractivity contribution in [3.8, 4) is 10.6 Å². The molecule has 0 aliphatic carbocycles. The summed E-state index contributed by atoms with van der Waals surface area (Å²) in [5.74, 6) is -0.660. The number of rotatable bonds is 3. The largest absolute Gasteiger partial charge is 0.464 e. The third kappa shape index (κ3) is 2.21. The molecule has 1 N–H and O–H groups in total. The molecule has 2 heterocycles. The maximum Gasteiger partial charge on any atom is 0.356 e. The highest BCUT2D eigenvalue weighted by molar-refractivity contribution is 7.19. The predicted molar refractivity (Wildman–Crippen MR) is 61.0 cm³/mol. The van der Waals surface area contributed by atoms with Crippen LogP contribution in [0.3, 0.4) is 0 Å². The molecule has 0 aliphatic rings. The molecule has 5 nitrogen and oxygen atoms in total. The lowest BCUT2D eigenvalue weighted by molar-refractivity contribution is 0.0595. The number of nitrogens with one attached hydrogen (secondary N) is 1. The van der Waals surface area contributed by atoms with Gasteiger partial charge in [-0.1, -0.05) is 11.6 Å². The molecule has 18 heavy (non-hydrogen) atoms. The van der Waals surface area contributed by atoms with E-state index in [9.17, 15) is 13.6 Å². The van der Waals surface area contributed by atoms with E-state index in [1.54, 1.807) is 0 Å². The number of halogens is 3. The Balaban J connectivity index is 2.46. The normalized spacial score (nSPS) is 10.9. The molecule has 0 saturated heterocycles. The lowest BCUT2D eigenvalue weighted by Gasteiger charge is -1.97. The van der Waals surface area contributed by atoms with Crippen molar-refractivity contribution in [2.24, 2.45) is 0 Å². The Kier molecular flexibility index (Phi) is 3.58. The summed E-state index contributed by atoms with van der Waals surface area (Å²) in [7, 11) is 1.20. The second-order valence-electron chi connectivity index (χ2n) is 3.13. The van der Waals surface area contributed by atoms with E-state index in [0.717, 1.165) is 11.3 Å². The Morgan fingerprint density at radius 2 is 2.33 bits per heavy atom. The zero-order chi connectivity index (χ0) is 13.3. The molecule has 0 fully saturated rings. The van der Waals surface area contributed by atoms with Crippen LogP contribution in [0, 0.1) is 0 Å². The first-order valence-electron chi connectivity index (χ1n) is 4.61. The van der Waals surface area contributed by atoms with Crippen molar-refractivity contribution in [3.05, 3.63) is 21.9 Å². The molecule has 9 heteroatoms. The van der Waals surface area contributed by atoms with Crippen molar-refractivity contribution >= 4 is 28.9 Å². The van der Waals surface area contributed by atoms with Crippen LogP contribution < -0.4 is 0 Å². The second-order valence-corrected chi connectivity index (χ2v) is 4.73. The highest BCUT2D eigenvalue weighted by atomic mass is 35.5. The minimum Gasteiger partial charge on any atom is -0.464 e. The standard InChI is InChI=1S/C9H6ClF2N3O2S/c1-17-9(16)4-3(2-13-15-4)8-14-5(7(11)12)6(10)18-8/h2,7H,1H3,(H,13,15). The van der Waals surface area contributed by atoms with Gasteiger partial charge in [-0.25, -0.2) is 18.6 Å². The van der Waals surface area contributed by atoms with Crippen LogP contribution in [0.5, 0.6) is 0 Å². The van der Waals surface area contributed by atoms with Crippen molar-refractivity contribution < 1.29 is 18.3 Å². The van der Waals surface area contributed by atoms with Crippen molar-refractivity contribution in [1.29, 1.82) is 0 Å². The molecule has 0 atom stereocenters. The van der Waals surface area contributed by atoms with Gasteiger partial charge in [0.15, 0.2) is 5.69 Å². The van der Waals surface area contributed by atoms with E-state index in [1.165, 1.54) is 13.3 Å². The molecule has 0 aromatic carbocycles. The van der Waals surface area contributed by atoms with Gasteiger partial charge in [-0.05, 0) is 0 Å². The van der Waals surface area contributed by atoms with E-state index in [-0.39, 0.29) is 20.6 Å². The summed E-state index contributed by atoms with van der Waals surface area (Å²) in [6.07, 6.45) is -1.47. The first-order valence-corrected chi connectivity index (χ1v) is 5.80. The fourth-order valence-corrected chi connectivity index (χ4v) is 2.43. The number of ether oxygens (including phenoxy) is 1. The first kappa shape index (κ1) is 12.9. The molecular formula is C9H6ClF2N3O2S. The number of nitrogens with zero attached hydrogens (tertiary/aromatic N) is 2. The summed E-state index contributed by atoms with van der Waals surface area (Å²) in [6, 6.07) is 0. The molecule has 0 saturated carbocycles. The van der Waals surface area contributed by atoms with Crippen molar-refractivity contribution in [1.82, 2.24) is 15.2 Å². The Bertz CT molecular complexity index is 584. The lowest BCUT2D eigenvalue weighted by Crippen LogP contribution is -2.03. The Labute approximate surface area is 109 Å². The maximum absolute atomic E-state index is 12.6. The summed E-state index contributed by atoms with van der Waals surface area (Å²) in [6.45, 7) is 0. The number of hydrogen-bond donors (Lipinski definition) is 1. The number of aromatic amines is 1. The highest BCUT2D eigenvalue weighted by Gasteiger charge is 2.23. The van der Waals surface area contributed by atoms with Gasteiger partial charge >= 0.3 is 5.97 Å². The van der Waals surface area contributed by atoms with Gasteiger partial charge in [0.05, 0.1) is 18.9 Å². The number of carbonyl (C=O) groups excluding carboxylic acids is 1. The molecule has 0 amide bonds. The molecule has 0 radical (unpaired) electrons. The molecule has 2 aromatic rings. The topological polar surface area (TPSA) is 67.9 Å². The van der Waals surface area contributed by atoms with Gasteiger partial charge in [-0.2, -0.15) is 5.10 Å². The highest BCUT2D eigenvalue weighted by Crippen LogP contribution is 2.37. The van der Waals surface area contributed by atoms with Crippen LogP contribution in [-0.2, 0) is 4.74 Å². The van der Waals surface area contributed by atoms with Crippen LogP contribution in [0.15, 0.2) is 6.20 Å². The fraction of sp³-hybridized carbons (Fsp3) is 0.222. The summed E-state index contributed by atoms with van der Waals surface area (Å²) in [4.78, 5) is 15.1. The Morgan fingerprint density at radius 3 is 2.89 bits per heavy atom. The maximum atomic E-state index is 12.6. The monoisotopic (exact) mass is 293 g/mol. The first-order chi connectivity index (χ1) is 8.54. The summed E-state index contributed by atoms with van der Waals surface area (Å²) < 4.78 is 29.5. The number of methoxy groups -OCH3 is 1. The molecule has 2 rings (SSSR count). The Hall–Kier alpha value is -1.54. The van der Waals surface area contributed by atoms with Crippen molar-refractivity contribution in [2.45, 2.75) is 6.43 Å². The van der Waals surface area contributed by atoms with Crippen LogP contribution in [0.1, 0.15) is 22.6 Å². The van der Waals surface area contributed by atoms with Crippen LogP contribution in [-0.4, -0.2) is 28.3 Å². The smallest absolute Gasteiger partial charge is 0.356 e. The molecule has 2 aromatic heterocycles. The molecule has 0 spiro atoms. The third-order valence-corrected chi connectivity index (χ3v) is 3.39. The average Bonchev–Trinajstić information content (AvgIpc) is 2.93. The van der Waals surface area contributed by atoms with Gasteiger partial charge in [-0.3, -0.25) is 5.10 Å². The Morgan fingerprint density at radius 1 is 1.61 bits per heavy atom. The molecule has 0 unspecified atom stereocenters. The van der Waals surface area contributed by atoms with Gasteiger partial charge < -0.3 is 4.74 Å². The molecule has 96 valence electrons. The molecule has 0 bridgehead atoms. The van der Waals surface area contributed by atoms with E-state index in [1.807, 2.05) is 0 Å². The SMILES string of the molecule is COC(=O)c1[nH]ncc1-c1nc(C(F)F)c(Cl)s1. The number of esters is 1. The van der Waals surface area contributed by atoms with E-state index < -0.39 is 18.1 Å². The number of alkyl halides is 2. The number of carbonyl (C=O) groups is 1. The van der Waals surface area contributed by atoms with E-state index in [2.05, 4.69) is 19.9 Å². The number of H-pyrrole nitrogens is 1. The summed E-state index contributed by atoms with van der Waals surface area (Å²) in [5.41, 5.74) is -0.182. The minimum atomic E-state index is -2.77. The van der Waals surface area contributed by atoms with E-state index in [0.29, 0.717) is 0 Å². The zero-order valence-electron chi connectivity index (χ0n) is 8.91. The van der Waals surface area contributed by atoms with Gasteiger partial charge in [0.2, 0.25) is 0 Å². The van der Waals surface area contributed by atoms with Crippen LogP contribution in [0.25, 0.3) is 10.6 Å². The zero-order valence-corrected chi connectivity index (χ0v) is 10.5.